The highest BCUT2D eigenvalue weighted by Gasteiger charge is 2.33. The molecule has 0 bridgehead atoms. The molecule has 1 amide bonds. The van der Waals surface area contributed by atoms with E-state index in [1.54, 1.807) is 14.2 Å². The number of methoxy groups -OCH3 is 2. The highest BCUT2D eigenvalue weighted by Crippen LogP contribution is 2.34. The molecule has 5 rings (SSSR count). The number of hydrazone groups is 1. The molecule has 38 heavy (non-hydrogen) atoms. The lowest BCUT2D eigenvalue weighted by atomic mass is 9.98. The van der Waals surface area contributed by atoms with Crippen LogP contribution >= 0.6 is 11.8 Å². The molecular formula is C29H26N4O4S. The third-order valence-corrected chi connectivity index (χ3v) is 7.07. The Morgan fingerprint density at radius 1 is 0.947 bits per heavy atom. The van der Waals surface area contributed by atoms with Gasteiger partial charge in [-0.1, -0.05) is 54.2 Å². The molecule has 1 aromatic heterocycles. The Morgan fingerprint density at radius 3 is 2.26 bits per heavy atom. The van der Waals surface area contributed by atoms with Crippen LogP contribution in [0.3, 0.4) is 0 Å². The summed E-state index contributed by atoms with van der Waals surface area (Å²) in [5.74, 6) is 1.37. The van der Waals surface area contributed by atoms with Crippen LogP contribution in [0.4, 0.5) is 0 Å². The number of carbonyl (C=O) groups is 1. The molecule has 3 aromatic carbocycles. The van der Waals surface area contributed by atoms with E-state index in [4.69, 9.17) is 14.6 Å². The minimum absolute atomic E-state index is 0.0627. The zero-order chi connectivity index (χ0) is 26.5. The van der Waals surface area contributed by atoms with Gasteiger partial charge >= 0.3 is 0 Å². The van der Waals surface area contributed by atoms with E-state index in [0.717, 1.165) is 33.9 Å². The van der Waals surface area contributed by atoms with Crippen molar-refractivity contribution in [2.45, 2.75) is 17.6 Å². The summed E-state index contributed by atoms with van der Waals surface area (Å²) < 4.78 is 10.6. The topological polar surface area (TPSA) is 96.9 Å². The van der Waals surface area contributed by atoms with Crippen molar-refractivity contribution in [2.24, 2.45) is 5.10 Å². The van der Waals surface area contributed by atoms with E-state index in [1.165, 1.54) is 22.8 Å². The van der Waals surface area contributed by atoms with Crippen molar-refractivity contribution in [2.75, 3.05) is 20.0 Å². The largest absolute Gasteiger partial charge is 0.497 e. The summed E-state index contributed by atoms with van der Waals surface area (Å²) in [7, 11) is 3.24. The predicted molar refractivity (Wildman–Crippen MR) is 148 cm³/mol. The van der Waals surface area contributed by atoms with Crippen LogP contribution in [0.1, 0.15) is 23.6 Å². The van der Waals surface area contributed by atoms with Crippen LogP contribution in [0.5, 0.6) is 11.5 Å². The highest BCUT2D eigenvalue weighted by atomic mass is 32.2. The van der Waals surface area contributed by atoms with Crippen molar-refractivity contribution in [1.82, 2.24) is 15.0 Å². The third kappa shape index (κ3) is 5.63. The molecule has 0 saturated heterocycles. The number of H-pyrrole nitrogens is 1. The molecule has 0 spiro atoms. The van der Waals surface area contributed by atoms with Crippen LogP contribution in [-0.4, -0.2) is 46.6 Å². The van der Waals surface area contributed by atoms with Crippen LogP contribution in [0.15, 0.2) is 100.0 Å². The smallest absolute Gasteiger partial charge is 0.253 e. The van der Waals surface area contributed by atoms with Gasteiger partial charge in [-0.15, -0.1) is 0 Å². The maximum Gasteiger partial charge on any atom is 0.253 e. The van der Waals surface area contributed by atoms with Gasteiger partial charge in [-0.25, -0.2) is 9.99 Å². The zero-order valence-corrected chi connectivity index (χ0v) is 21.8. The molecule has 0 radical (unpaired) electrons. The summed E-state index contributed by atoms with van der Waals surface area (Å²) in [5, 5.41) is 6.65. The highest BCUT2D eigenvalue weighted by molar-refractivity contribution is 7.99. The van der Waals surface area contributed by atoms with Crippen molar-refractivity contribution in [1.29, 1.82) is 0 Å². The first-order valence-electron chi connectivity index (χ1n) is 12.0. The maximum absolute atomic E-state index is 13.5. The second-order valence-electron chi connectivity index (χ2n) is 8.60. The molecular weight excluding hydrogens is 500 g/mol. The van der Waals surface area contributed by atoms with Crippen LogP contribution in [-0.2, 0) is 4.79 Å². The van der Waals surface area contributed by atoms with Crippen LogP contribution < -0.4 is 15.0 Å². The molecule has 1 aliphatic rings. The molecule has 0 saturated carbocycles. The lowest BCUT2D eigenvalue weighted by molar-refractivity contribution is -0.130. The predicted octanol–water partition coefficient (Wildman–Crippen LogP) is 4.92. The second kappa shape index (κ2) is 11.4. The van der Waals surface area contributed by atoms with Crippen molar-refractivity contribution >= 4 is 23.4 Å². The summed E-state index contributed by atoms with van der Waals surface area (Å²) in [6.07, 6.45) is 0.563. The van der Waals surface area contributed by atoms with E-state index in [2.05, 4.69) is 9.97 Å². The van der Waals surface area contributed by atoms with Gasteiger partial charge in [0.1, 0.15) is 11.5 Å². The number of nitrogens with one attached hydrogen (secondary N) is 1. The van der Waals surface area contributed by atoms with Gasteiger partial charge in [-0.05, 0) is 47.5 Å². The summed E-state index contributed by atoms with van der Waals surface area (Å²) in [6.45, 7) is 0. The molecule has 1 aliphatic heterocycles. The molecule has 1 N–H and O–H groups in total. The molecule has 8 nitrogen and oxygen atoms in total. The first-order chi connectivity index (χ1) is 18.5. The normalized spacial score (nSPS) is 14.7. The monoisotopic (exact) mass is 526 g/mol. The van der Waals surface area contributed by atoms with E-state index in [1.807, 2.05) is 78.9 Å². The number of rotatable bonds is 8. The fourth-order valence-corrected chi connectivity index (χ4v) is 4.97. The first-order valence-corrected chi connectivity index (χ1v) is 13.0. The van der Waals surface area contributed by atoms with E-state index in [-0.39, 0.29) is 23.3 Å². The SMILES string of the molecule is COc1ccc(C2=NN(C(=O)CSc3nc(-c4ccccc4)cc(=O)[nH]3)C(c3ccc(OC)cc3)C2)cc1. The van der Waals surface area contributed by atoms with Crippen LogP contribution in [0.25, 0.3) is 11.3 Å². The Bertz CT molecular complexity index is 1500. The lowest BCUT2D eigenvalue weighted by Gasteiger charge is -2.22. The molecule has 0 fully saturated rings. The van der Waals surface area contributed by atoms with E-state index in [0.29, 0.717) is 17.3 Å². The number of hydrogen-bond acceptors (Lipinski definition) is 7. The standard InChI is InChI=1S/C29H26N4O4S/c1-36-22-12-8-20(9-13-22)25-16-26(21-10-14-23(37-2)15-11-21)33(32-25)28(35)18-38-29-30-24(17-27(34)31-29)19-6-4-3-5-7-19/h3-15,17,26H,16,18H2,1-2H3,(H,30,31,34). The summed E-state index contributed by atoms with van der Waals surface area (Å²) in [4.78, 5) is 33.0. The van der Waals surface area contributed by atoms with Gasteiger partial charge in [0.2, 0.25) is 0 Å². The second-order valence-corrected chi connectivity index (χ2v) is 9.56. The molecule has 0 aliphatic carbocycles. The number of hydrogen-bond donors (Lipinski definition) is 1. The fraction of sp³-hybridized carbons (Fsp3) is 0.172. The van der Waals surface area contributed by atoms with E-state index >= 15 is 0 Å². The summed E-state index contributed by atoms with van der Waals surface area (Å²) in [5.41, 5.74) is 3.80. The van der Waals surface area contributed by atoms with Crippen LogP contribution in [0.2, 0.25) is 0 Å². The quantitative estimate of drug-likeness (QED) is 0.259. The maximum atomic E-state index is 13.5. The Hall–Kier alpha value is -4.37. The van der Waals surface area contributed by atoms with E-state index in [9.17, 15) is 9.59 Å². The van der Waals surface area contributed by atoms with Gasteiger partial charge in [0.25, 0.3) is 11.5 Å². The molecule has 1 unspecified atom stereocenters. The fourth-order valence-electron chi connectivity index (χ4n) is 4.24. The van der Waals surface area contributed by atoms with Gasteiger partial charge in [-0.2, -0.15) is 5.10 Å². The molecule has 9 heteroatoms. The number of aromatic nitrogens is 2. The van der Waals surface area contributed by atoms with Gasteiger partial charge in [-0.3, -0.25) is 9.59 Å². The van der Waals surface area contributed by atoms with Gasteiger partial charge in [0, 0.05) is 18.1 Å². The number of ether oxygens (including phenoxy) is 2. The molecule has 4 aromatic rings. The molecule has 192 valence electrons. The Morgan fingerprint density at radius 2 is 1.61 bits per heavy atom. The average Bonchev–Trinajstić information content (AvgIpc) is 3.42. The third-order valence-electron chi connectivity index (χ3n) is 6.21. The summed E-state index contributed by atoms with van der Waals surface area (Å²) >= 11 is 1.18. The Kier molecular flexibility index (Phi) is 7.55. The summed E-state index contributed by atoms with van der Waals surface area (Å²) in [6, 6.07) is 25.9. The number of nitrogens with zero attached hydrogens (tertiary/aromatic N) is 3. The minimum Gasteiger partial charge on any atom is -0.497 e. The van der Waals surface area contributed by atoms with Crippen molar-refractivity contribution in [3.8, 4) is 22.8 Å². The van der Waals surface area contributed by atoms with E-state index < -0.39 is 0 Å². The van der Waals surface area contributed by atoms with Crippen molar-refractivity contribution in [3.05, 3.63) is 106 Å². The van der Waals surface area contributed by atoms with Crippen LogP contribution in [0, 0.1) is 0 Å². The molecule has 2 heterocycles. The number of thioether (sulfide) groups is 1. The lowest BCUT2D eigenvalue weighted by Crippen LogP contribution is -2.28. The number of benzene rings is 3. The zero-order valence-electron chi connectivity index (χ0n) is 21.0. The Labute approximate surface area is 224 Å². The van der Waals surface area contributed by atoms with Gasteiger partial charge < -0.3 is 14.5 Å². The van der Waals surface area contributed by atoms with Crippen molar-refractivity contribution in [3.63, 3.8) is 0 Å². The Balaban J connectivity index is 1.39. The van der Waals surface area contributed by atoms with Gasteiger partial charge in [0.15, 0.2) is 5.16 Å². The average molecular weight is 527 g/mol. The number of carbonyl (C=O) groups excluding carboxylic acids is 1. The molecule has 1 atom stereocenters. The number of amides is 1. The first kappa shape index (κ1) is 25.3. The minimum atomic E-state index is -0.272. The van der Waals surface area contributed by atoms with Crippen molar-refractivity contribution < 1.29 is 14.3 Å². The number of aromatic amines is 1. The van der Waals surface area contributed by atoms with Gasteiger partial charge in [0.05, 0.1) is 37.4 Å².